The van der Waals surface area contributed by atoms with Crippen LogP contribution in [0.5, 0.6) is 0 Å². The first-order chi connectivity index (χ1) is 9.83. The van der Waals surface area contributed by atoms with Gasteiger partial charge in [-0.25, -0.2) is 4.68 Å². The van der Waals surface area contributed by atoms with Gasteiger partial charge in [-0.1, -0.05) is 6.07 Å². The van der Waals surface area contributed by atoms with Crippen LogP contribution in [-0.4, -0.2) is 21.3 Å². The molecule has 1 aliphatic heterocycles. The predicted octanol–water partition coefficient (Wildman–Crippen LogP) is 2.42. The van der Waals surface area contributed by atoms with E-state index >= 15 is 0 Å². The minimum absolute atomic E-state index is 0.230. The topological polar surface area (TPSA) is 68.8 Å². The van der Waals surface area contributed by atoms with Crippen LogP contribution in [0, 0.1) is 0 Å². The Labute approximate surface area is 116 Å². The average molecular weight is 265 g/mol. The molecule has 5 heteroatoms. The quantitative estimate of drug-likeness (QED) is 0.663. The number of hydrogen-bond acceptors (Lipinski definition) is 4. The number of nitrogens with zero attached hydrogens (tertiary/aromatic N) is 3. The number of nitrogen functional groups attached to an aromatic ring is 1. The Morgan fingerprint density at radius 3 is 3.10 bits per heavy atom. The normalized spacial score (nSPS) is 17.7. The molecule has 4 rings (SSSR count). The van der Waals surface area contributed by atoms with Crippen LogP contribution < -0.4 is 11.1 Å². The van der Waals surface area contributed by atoms with E-state index in [1.165, 1.54) is 5.56 Å². The number of hydrogen-bond donors (Lipinski definition) is 2. The van der Waals surface area contributed by atoms with Crippen molar-refractivity contribution >= 4 is 22.4 Å². The Morgan fingerprint density at radius 1 is 1.30 bits per heavy atom. The van der Waals surface area contributed by atoms with Crippen LogP contribution in [0.3, 0.4) is 0 Å². The van der Waals surface area contributed by atoms with Crippen LogP contribution in [0.2, 0.25) is 0 Å². The summed E-state index contributed by atoms with van der Waals surface area (Å²) in [6.45, 7) is 0.926. The van der Waals surface area contributed by atoms with Crippen LogP contribution in [0.25, 0.3) is 10.9 Å². The monoisotopic (exact) mass is 265 g/mol. The average Bonchev–Trinajstić information content (AvgIpc) is 2.86. The summed E-state index contributed by atoms with van der Waals surface area (Å²) in [7, 11) is 0. The van der Waals surface area contributed by atoms with Crippen molar-refractivity contribution in [1.82, 2.24) is 14.8 Å². The first kappa shape index (κ1) is 11.3. The molecule has 5 nitrogen and oxygen atoms in total. The molecule has 2 aromatic heterocycles. The maximum absolute atomic E-state index is 5.89. The van der Waals surface area contributed by atoms with Crippen molar-refractivity contribution in [3.05, 3.63) is 48.3 Å². The van der Waals surface area contributed by atoms with Crippen molar-refractivity contribution in [2.75, 3.05) is 17.6 Å². The van der Waals surface area contributed by atoms with E-state index in [9.17, 15) is 0 Å². The molecule has 0 radical (unpaired) electrons. The van der Waals surface area contributed by atoms with E-state index in [0.717, 1.165) is 35.4 Å². The second-order valence-electron chi connectivity index (χ2n) is 5.09. The van der Waals surface area contributed by atoms with E-state index in [-0.39, 0.29) is 6.04 Å². The summed E-state index contributed by atoms with van der Waals surface area (Å²) in [6, 6.07) is 10.1. The Bertz CT molecular complexity index is 763. The maximum atomic E-state index is 5.89. The maximum Gasteiger partial charge on any atom is 0.133 e. The third kappa shape index (κ3) is 1.63. The zero-order valence-electron chi connectivity index (χ0n) is 11.0. The molecule has 3 heterocycles. The number of nitrogens with one attached hydrogen (secondary N) is 1. The van der Waals surface area contributed by atoms with Crippen LogP contribution in [0.4, 0.5) is 11.5 Å². The molecule has 1 aromatic carbocycles. The molecule has 3 N–H and O–H groups in total. The van der Waals surface area contributed by atoms with Crippen LogP contribution in [0.15, 0.2) is 42.7 Å². The van der Waals surface area contributed by atoms with E-state index < -0.39 is 0 Å². The Kier molecular flexibility index (Phi) is 2.39. The summed E-state index contributed by atoms with van der Waals surface area (Å²) in [4.78, 5) is 4.22. The molecule has 0 aliphatic carbocycles. The van der Waals surface area contributed by atoms with Crippen LogP contribution >= 0.6 is 0 Å². The number of benzene rings is 1. The largest absolute Gasteiger partial charge is 0.399 e. The fraction of sp³-hybridized carbons (Fsp3) is 0.200. The van der Waals surface area contributed by atoms with Crippen molar-refractivity contribution < 1.29 is 0 Å². The van der Waals surface area contributed by atoms with Crippen molar-refractivity contribution in [2.45, 2.75) is 12.5 Å². The van der Waals surface area contributed by atoms with Gasteiger partial charge in [-0.15, -0.1) is 0 Å². The highest BCUT2D eigenvalue weighted by Crippen LogP contribution is 2.34. The smallest absolute Gasteiger partial charge is 0.133 e. The van der Waals surface area contributed by atoms with Gasteiger partial charge in [0.25, 0.3) is 0 Å². The Balaban J connectivity index is 1.91. The second kappa shape index (κ2) is 4.23. The summed E-state index contributed by atoms with van der Waals surface area (Å²) in [5.74, 6) is 1.05. The minimum Gasteiger partial charge on any atom is -0.399 e. The molecule has 1 unspecified atom stereocenters. The molecular formula is C15H15N5. The van der Waals surface area contributed by atoms with Crippen molar-refractivity contribution in [3.63, 3.8) is 0 Å². The molecule has 0 saturated heterocycles. The standard InChI is InChI=1S/C15H15N5/c16-11-3-4-13-12(8-11)15-18-7-5-14(20(15)19-13)10-2-1-6-17-9-10/h1-4,6,8-9,14,18H,5,7,16H2. The zero-order valence-corrected chi connectivity index (χ0v) is 11.0. The highest BCUT2D eigenvalue weighted by Gasteiger charge is 2.24. The number of fused-ring (bicyclic) bond motifs is 3. The lowest BCUT2D eigenvalue weighted by Gasteiger charge is -2.25. The number of anilines is 2. The minimum atomic E-state index is 0.230. The third-order valence-corrected chi connectivity index (χ3v) is 3.79. The van der Waals surface area contributed by atoms with Crippen molar-refractivity contribution in [1.29, 1.82) is 0 Å². The van der Waals surface area contributed by atoms with Gasteiger partial charge in [0.15, 0.2) is 0 Å². The second-order valence-corrected chi connectivity index (χ2v) is 5.09. The molecule has 0 amide bonds. The van der Waals surface area contributed by atoms with E-state index in [4.69, 9.17) is 10.8 Å². The number of pyridine rings is 1. The molecule has 0 spiro atoms. The lowest BCUT2D eigenvalue weighted by molar-refractivity contribution is 0.484. The first-order valence-electron chi connectivity index (χ1n) is 6.74. The summed E-state index contributed by atoms with van der Waals surface area (Å²) in [5.41, 5.74) is 8.81. The van der Waals surface area contributed by atoms with Gasteiger partial charge in [0, 0.05) is 30.0 Å². The number of aromatic nitrogens is 3. The molecular weight excluding hydrogens is 250 g/mol. The zero-order chi connectivity index (χ0) is 13.5. The highest BCUT2D eigenvalue weighted by atomic mass is 15.4. The first-order valence-corrected chi connectivity index (χ1v) is 6.74. The van der Waals surface area contributed by atoms with E-state index in [1.807, 2.05) is 30.5 Å². The summed E-state index contributed by atoms with van der Waals surface area (Å²) in [5, 5.41) is 9.24. The van der Waals surface area contributed by atoms with Crippen molar-refractivity contribution in [3.8, 4) is 0 Å². The van der Waals surface area contributed by atoms with Gasteiger partial charge >= 0.3 is 0 Å². The molecule has 1 atom stereocenters. The van der Waals surface area contributed by atoms with Gasteiger partial charge in [-0.05, 0) is 36.2 Å². The predicted molar refractivity (Wildman–Crippen MR) is 79.6 cm³/mol. The fourth-order valence-corrected chi connectivity index (χ4v) is 2.85. The molecule has 0 bridgehead atoms. The number of nitrogens with two attached hydrogens (primary N) is 1. The summed E-state index contributed by atoms with van der Waals surface area (Å²) in [6.07, 6.45) is 4.72. The fourth-order valence-electron chi connectivity index (χ4n) is 2.85. The van der Waals surface area contributed by atoms with E-state index in [0.29, 0.717) is 0 Å². The number of rotatable bonds is 1. The summed E-state index contributed by atoms with van der Waals surface area (Å²) >= 11 is 0. The van der Waals surface area contributed by atoms with E-state index in [1.54, 1.807) is 6.20 Å². The molecule has 0 fully saturated rings. The van der Waals surface area contributed by atoms with Gasteiger partial charge in [0.2, 0.25) is 0 Å². The molecule has 1 aliphatic rings. The SMILES string of the molecule is Nc1ccc2nn3c(c2c1)NCCC3c1cccnc1. The van der Waals surface area contributed by atoms with Gasteiger partial charge in [-0.3, -0.25) is 4.98 Å². The summed E-state index contributed by atoms with van der Waals surface area (Å²) < 4.78 is 2.06. The third-order valence-electron chi connectivity index (χ3n) is 3.79. The van der Waals surface area contributed by atoms with Crippen LogP contribution in [0.1, 0.15) is 18.0 Å². The Hall–Kier alpha value is -2.56. The van der Waals surface area contributed by atoms with Gasteiger partial charge in [0.1, 0.15) is 5.82 Å². The molecule has 100 valence electrons. The van der Waals surface area contributed by atoms with Gasteiger partial charge < -0.3 is 11.1 Å². The lowest BCUT2D eigenvalue weighted by atomic mass is 10.0. The molecule has 0 saturated carbocycles. The van der Waals surface area contributed by atoms with Gasteiger partial charge in [-0.2, -0.15) is 5.10 Å². The molecule has 20 heavy (non-hydrogen) atoms. The van der Waals surface area contributed by atoms with Crippen molar-refractivity contribution in [2.24, 2.45) is 0 Å². The molecule has 3 aromatic rings. The van der Waals surface area contributed by atoms with Gasteiger partial charge in [0.05, 0.1) is 11.6 Å². The van der Waals surface area contributed by atoms with Crippen LogP contribution in [-0.2, 0) is 0 Å². The lowest BCUT2D eigenvalue weighted by Crippen LogP contribution is -2.24. The Morgan fingerprint density at radius 2 is 2.25 bits per heavy atom. The van der Waals surface area contributed by atoms with E-state index in [2.05, 4.69) is 21.0 Å². The highest BCUT2D eigenvalue weighted by molar-refractivity contribution is 5.92.